The van der Waals surface area contributed by atoms with Crippen molar-refractivity contribution in [3.05, 3.63) is 53.1 Å². The van der Waals surface area contributed by atoms with Crippen molar-refractivity contribution in [1.82, 2.24) is 9.55 Å². The Morgan fingerprint density at radius 3 is 2.78 bits per heavy atom. The molecule has 23 heavy (non-hydrogen) atoms. The van der Waals surface area contributed by atoms with Gasteiger partial charge in [-0.3, -0.25) is 9.09 Å². The molecule has 2 heterocycles. The van der Waals surface area contributed by atoms with Crippen molar-refractivity contribution in [2.75, 3.05) is 18.7 Å². The van der Waals surface area contributed by atoms with Crippen LogP contribution in [0.25, 0.3) is 0 Å². The smallest absolute Gasteiger partial charge is 0.404 e. The second kappa shape index (κ2) is 6.54. The average Bonchev–Trinajstić information content (AvgIpc) is 2.53. The highest BCUT2D eigenvalue weighted by molar-refractivity contribution is 7.54. The SMILES string of the molecule is Nc1ccn(C[C@H]2CO[P@@](=O)(Oc3ccccc3)CO2)c(=O)n1. The van der Waals surface area contributed by atoms with Gasteiger partial charge in [-0.05, 0) is 18.2 Å². The van der Waals surface area contributed by atoms with E-state index in [-0.39, 0.29) is 25.3 Å². The molecule has 2 N–H and O–H groups in total. The summed E-state index contributed by atoms with van der Waals surface area (Å²) in [5.41, 5.74) is 4.97. The Morgan fingerprint density at radius 2 is 2.13 bits per heavy atom. The number of nitrogens with two attached hydrogens (primary N) is 1. The predicted molar refractivity (Wildman–Crippen MR) is 83.3 cm³/mol. The molecule has 0 bridgehead atoms. The molecule has 1 aliphatic rings. The maximum absolute atomic E-state index is 12.4. The monoisotopic (exact) mass is 337 g/mol. The van der Waals surface area contributed by atoms with Crippen molar-refractivity contribution < 1.29 is 18.3 Å². The first kappa shape index (κ1) is 15.7. The number of benzene rings is 1. The molecule has 0 amide bonds. The molecular formula is C14H16N3O5P. The topological polar surface area (TPSA) is 106 Å². The highest BCUT2D eigenvalue weighted by atomic mass is 31.2. The van der Waals surface area contributed by atoms with E-state index in [1.54, 1.807) is 24.3 Å². The summed E-state index contributed by atoms with van der Waals surface area (Å²) in [6.07, 6.45) is 0.937. The van der Waals surface area contributed by atoms with Crippen molar-refractivity contribution >= 4 is 13.4 Å². The number of nitrogen functional groups attached to an aromatic ring is 1. The number of para-hydroxylation sites is 1. The second-order valence-corrected chi connectivity index (χ2v) is 6.94. The Morgan fingerprint density at radius 1 is 1.35 bits per heavy atom. The van der Waals surface area contributed by atoms with Crippen molar-refractivity contribution in [2.45, 2.75) is 12.6 Å². The van der Waals surface area contributed by atoms with Crippen LogP contribution in [0.1, 0.15) is 0 Å². The Labute approximate surface area is 132 Å². The molecule has 2 atom stereocenters. The molecule has 0 unspecified atom stereocenters. The fourth-order valence-corrected chi connectivity index (χ4v) is 3.49. The van der Waals surface area contributed by atoms with E-state index in [0.29, 0.717) is 5.75 Å². The van der Waals surface area contributed by atoms with E-state index in [2.05, 4.69) is 4.98 Å². The molecule has 9 heteroatoms. The number of anilines is 1. The third kappa shape index (κ3) is 3.98. The van der Waals surface area contributed by atoms with Crippen LogP contribution < -0.4 is 15.9 Å². The third-order valence-electron chi connectivity index (χ3n) is 3.21. The van der Waals surface area contributed by atoms with Gasteiger partial charge in [0.05, 0.1) is 13.2 Å². The molecule has 2 aromatic rings. The van der Waals surface area contributed by atoms with Crippen LogP contribution in [0.2, 0.25) is 0 Å². The highest BCUT2D eigenvalue weighted by Crippen LogP contribution is 2.50. The number of ether oxygens (including phenoxy) is 1. The minimum atomic E-state index is -3.34. The van der Waals surface area contributed by atoms with Crippen LogP contribution in [-0.4, -0.2) is 28.6 Å². The van der Waals surface area contributed by atoms with E-state index >= 15 is 0 Å². The molecule has 0 aliphatic carbocycles. The zero-order valence-electron chi connectivity index (χ0n) is 12.2. The first-order valence-corrected chi connectivity index (χ1v) is 8.70. The van der Waals surface area contributed by atoms with Crippen LogP contribution in [0.3, 0.4) is 0 Å². The standard InChI is InChI=1S/C14H16N3O5P/c15-13-6-7-17(14(18)16-13)8-12-9-21-23(19,10-20-12)22-11-4-2-1-3-5-11/h1-7,12H,8-10H2,(H2,15,16,18)/t12-,23+/m0/s1. The summed E-state index contributed by atoms with van der Waals surface area (Å²) in [6, 6.07) is 10.3. The Bertz CT molecular complexity index is 767. The summed E-state index contributed by atoms with van der Waals surface area (Å²) >= 11 is 0. The molecule has 1 saturated heterocycles. The van der Waals surface area contributed by atoms with Crippen molar-refractivity contribution in [1.29, 1.82) is 0 Å². The van der Waals surface area contributed by atoms with E-state index in [1.165, 1.54) is 16.8 Å². The van der Waals surface area contributed by atoms with Crippen molar-refractivity contribution in [3.63, 3.8) is 0 Å². The number of hydrogen-bond acceptors (Lipinski definition) is 7. The molecular weight excluding hydrogens is 321 g/mol. The van der Waals surface area contributed by atoms with Gasteiger partial charge in [0.2, 0.25) is 0 Å². The van der Waals surface area contributed by atoms with Crippen LogP contribution in [0, 0.1) is 0 Å². The van der Waals surface area contributed by atoms with E-state index < -0.39 is 19.4 Å². The van der Waals surface area contributed by atoms with Crippen LogP contribution >= 0.6 is 7.60 Å². The van der Waals surface area contributed by atoms with Gasteiger partial charge in [0.1, 0.15) is 17.7 Å². The van der Waals surface area contributed by atoms with Gasteiger partial charge in [-0.1, -0.05) is 18.2 Å². The van der Waals surface area contributed by atoms with E-state index in [0.717, 1.165) is 0 Å². The maximum Gasteiger partial charge on any atom is 0.404 e. The first-order valence-electron chi connectivity index (χ1n) is 6.97. The van der Waals surface area contributed by atoms with Gasteiger partial charge in [0.15, 0.2) is 6.35 Å². The van der Waals surface area contributed by atoms with Crippen LogP contribution in [0.15, 0.2) is 47.4 Å². The quantitative estimate of drug-likeness (QED) is 0.842. The van der Waals surface area contributed by atoms with Gasteiger partial charge in [-0.25, -0.2) is 9.36 Å². The fourth-order valence-electron chi connectivity index (χ4n) is 2.08. The Balaban J connectivity index is 1.60. The maximum atomic E-state index is 12.4. The molecule has 1 aliphatic heterocycles. The summed E-state index contributed by atoms with van der Waals surface area (Å²) in [4.78, 5) is 15.3. The summed E-state index contributed by atoms with van der Waals surface area (Å²) in [5, 5.41) is 0. The predicted octanol–water partition coefficient (Wildman–Crippen LogP) is 1.47. The van der Waals surface area contributed by atoms with Crippen LogP contribution in [0.4, 0.5) is 5.82 Å². The van der Waals surface area contributed by atoms with Crippen LogP contribution in [-0.2, 0) is 20.4 Å². The number of aromatic nitrogens is 2. The highest BCUT2D eigenvalue weighted by Gasteiger charge is 2.34. The molecule has 1 aromatic carbocycles. The summed E-state index contributed by atoms with van der Waals surface area (Å²) < 4.78 is 30.1. The molecule has 0 saturated carbocycles. The van der Waals surface area contributed by atoms with Gasteiger partial charge in [0.25, 0.3) is 0 Å². The zero-order valence-corrected chi connectivity index (χ0v) is 13.1. The normalized spacial score (nSPS) is 24.3. The van der Waals surface area contributed by atoms with Crippen molar-refractivity contribution in [2.24, 2.45) is 0 Å². The zero-order chi connectivity index (χ0) is 16.3. The average molecular weight is 337 g/mol. The van der Waals surface area contributed by atoms with E-state index in [1.807, 2.05) is 6.07 Å². The van der Waals surface area contributed by atoms with E-state index in [4.69, 9.17) is 19.5 Å². The summed E-state index contributed by atoms with van der Waals surface area (Å²) in [5.74, 6) is 0.615. The molecule has 8 nitrogen and oxygen atoms in total. The summed E-state index contributed by atoms with van der Waals surface area (Å²) in [7, 11) is -3.34. The lowest BCUT2D eigenvalue weighted by Gasteiger charge is -2.29. The lowest BCUT2D eigenvalue weighted by Crippen LogP contribution is -2.35. The number of hydrogen-bond donors (Lipinski definition) is 1. The minimum Gasteiger partial charge on any atom is -0.423 e. The lowest BCUT2D eigenvalue weighted by atomic mass is 10.3. The number of rotatable bonds is 4. The molecule has 1 aromatic heterocycles. The molecule has 122 valence electrons. The van der Waals surface area contributed by atoms with Crippen LogP contribution in [0.5, 0.6) is 5.75 Å². The second-order valence-electron chi connectivity index (χ2n) is 5.02. The minimum absolute atomic E-state index is 0.0565. The van der Waals surface area contributed by atoms with Gasteiger partial charge in [-0.15, -0.1) is 0 Å². The van der Waals surface area contributed by atoms with Crippen molar-refractivity contribution in [3.8, 4) is 5.75 Å². The summed E-state index contributed by atoms with van der Waals surface area (Å²) in [6.45, 7) is 0.290. The Hall–Kier alpha value is -2.15. The van der Waals surface area contributed by atoms with Gasteiger partial charge in [-0.2, -0.15) is 4.98 Å². The molecule has 3 rings (SSSR count). The Kier molecular flexibility index (Phi) is 4.47. The lowest BCUT2D eigenvalue weighted by molar-refractivity contribution is -0.00706. The fraction of sp³-hybridized carbons (Fsp3) is 0.286. The molecule has 0 radical (unpaired) electrons. The van der Waals surface area contributed by atoms with Gasteiger partial charge >= 0.3 is 13.3 Å². The van der Waals surface area contributed by atoms with E-state index in [9.17, 15) is 9.36 Å². The first-order chi connectivity index (χ1) is 11.0. The largest absolute Gasteiger partial charge is 0.423 e. The molecule has 0 spiro atoms. The molecule has 1 fully saturated rings. The van der Waals surface area contributed by atoms with Gasteiger partial charge < -0.3 is 15.0 Å². The third-order valence-corrected chi connectivity index (χ3v) is 4.71. The number of nitrogens with zero attached hydrogens (tertiary/aromatic N) is 2. The van der Waals surface area contributed by atoms with Gasteiger partial charge in [0, 0.05) is 6.20 Å².